The van der Waals surface area contributed by atoms with Gasteiger partial charge in [-0.05, 0) is 55.3 Å². The van der Waals surface area contributed by atoms with Crippen LogP contribution in [0, 0.1) is 13.8 Å². The predicted molar refractivity (Wildman–Crippen MR) is 161 cm³/mol. The highest BCUT2D eigenvalue weighted by Crippen LogP contribution is 2.37. The summed E-state index contributed by atoms with van der Waals surface area (Å²) in [6.07, 6.45) is 6.27. The highest BCUT2D eigenvalue weighted by Gasteiger charge is 2.25. The van der Waals surface area contributed by atoms with Crippen molar-refractivity contribution in [2.24, 2.45) is 0 Å². The van der Waals surface area contributed by atoms with Crippen LogP contribution in [0.3, 0.4) is 0 Å². The topological polar surface area (TPSA) is 90.1 Å². The Labute approximate surface area is 238 Å². The quantitative estimate of drug-likeness (QED) is 0.198. The minimum Gasteiger partial charge on any atom is -0.493 e. The summed E-state index contributed by atoms with van der Waals surface area (Å²) in [6.45, 7) is 4.76. The molecule has 0 spiro atoms. The summed E-state index contributed by atoms with van der Waals surface area (Å²) < 4.78 is 8.11. The normalized spacial score (nSPS) is 11.3. The maximum Gasteiger partial charge on any atom is 0.352 e. The maximum absolute atomic E-state index is 12.9. The van der Waals surface area contributed by atoms with Gasteiger partial charge >= 0.3 is 5.97 Å². The zero-order valence-corrected chi connectivity index (χ0v) is 23.0. The van der Waals surface area contributed by atoms with Crippen molar-refractivity contribution in [3.63, 3.8) is 0 Å². The number of carbonyl (C=O) groups is 1. The van der Waals surface area contributed by atoms with E-state index in [1.165, 1.54) is 0 Å². The smallest absolute Gasteiger partial charge is 0.352 e. The zero-order chi connectivity index (χ0) is 28.3. The molecule has 204 valence electrons. The monoisotopic (exact) mass is 542 g/mol. The summed E-state index contributed by atoms with van der Waals surface area (Å²) in [4.78, 5) is 26.1. The van der Waals surface area contributed by atoms with E-state index >= 15 is 0 Å². The van der Waals surface area contributed by atoms with Gasteiger partial charge in [-0.15, -0.1) is 0 Å². The van der Waals surface area contributed by atoms with Gasteiger partial charge in [-0.3, -0.25) is 4.98 Å². The molecule has 0 saturated carbocycles. The lowest BCUT2D eigenvalue weighted by atomic mass is 9.98. The van der Waals surface area contributed by atoms with Gasteiger partial charge in [0, 0.05) is 52.2 Å². The molecule has 0 amide bonds. The van der Waals surface area contributed by atoms with Crippen molar-refractivity contribution >= 4 is 27.6 Å². The number of para-hydroxylation sites is 1. The number of pyridine rings is 1. The number of aromatic nitrogens is 4. The molecule has 7 nitrogen and oxygen atoms in total. The second-order valence-corrected chi connectivity index (χ2v) is 10.1. The molecule has 7 heteroatoms. The lowest BCUT2D eigenvalue weighted by Gasteiger charge is -2.14. The van der Waals surface area contributed by atoms with Crippen LogP contribution in [-0.4, -0.2) is 37.2 Å². The molecule has 1 N–H and O–H groups in total. The summed E-state index contributed by atoms with van der Waals surface area (Å²) >= 11 is 0. The number of carboxylic acid groups (broad SMARTS) is 1. The molecule has 6 aromatic rings. The first-order valence-electron chi connectivity index (χ1n) is 13.7. The Bertz CT molecular complexity index is 1850. The molecule has 0 fully saturated rings. The van der Waals surface area contributed by atoms with Gasteiger partial charge in [0.05, 0.1) is 12.1 Å². The molecule has 6 rings (SSSR count). The van der Waals surface area contributed by atoms with Crippen LogP contribution in [0.15, 0.2) is 91.5 Å². The Morgan fingerprint density at radius 3 is 2.44 bits per heavy atom. The highest BCUT2D eigenvalue weighted by atomic mass is 16.5. The van der Waals surface area contributed by atoms with Crippen LogP contribution in [0.4, 0.5) is 0 Å². The molecular formula is C34H30N4O3. The van der Waals surface area contributed by atoms with Crippen molar-refractivity contribution in [3.8, 4) is 16.9 Å². The highest BCUT2D eigenvalue weighted by molar-refractivity contribution is 6.04. The van der Waals surface area contributed by atoms with Crippen molar-refractivity contribution in [2.45, 2.75) is 33.2 Å². The van der Waals surface area contributed by atoms with E-state index in [1.54, 1.807) is 18.7 Å². The van der Waals surface area contributed by atoms with Gasteiger partial charge in [-0.2, -0.15) is 0 Å². The summed E-state index contributed by atoms with van der Waals surface area (Å²) in [5.74, 6) is -0.128. The number of aryl methyl sites for hydroxylation is 3. The second kappa shape index (κ2) is 11.2. The largest absolute Gasteiger partial charge is 0.493 e. The van der Waals surface area contributed by atoms with E-state index in [-0.39, 0.29) is 5.69 Å². The number of rotatable bonds is 9. The number of hydrogen-bond acceptors (Lipinski definition) is 5. The molecule has 0 radical (unpaired) electrons. The molecule has 3 aromatic carbocycles. The van der Waals surface area contributed by atoms with Crippen LogP contribution in [0.5, 0.6) is 5.75 Å². The molecule has 0 unspecified atom stereocenters. The fraction of sp³-hybridized carbons (Fsp3) is 0.176. The van der Waals surface area contributed by atoms with Gasteiger partial charge in [0.1, 0.15) is 17.8 Å². The van der Waals surface area contributed by atoms with Crippen molar-refractivity contribution in [2.75, 3.05) is 6.61 Å². The Morgan fingerprint density at radius 1 is 0.902 bits per heavy atom. The number of benzene rings is 3. The van der Waals surface area contributed by atoms with Crippen LogP contribution >= 0.6 is 0 Å². The van der Waals surface area contributed by atoms with Crippen LogP contribution in [0.1, 0.15) is 39.4 Å². The molecule has 0 atom stereocenters. The molecule has 0 saturated heterocycles. The number of fused-ring (bicyclic) bond motifs is 2. The van der Waals surface area contributed by atoms with Gasteiger partial charge in [-0.1, -0.05) is 60.7 Å². The lowest BCUT2D eigenvalue weighted by Crippen LogP contribution is -2.12. The van der Waals surface area contributed by atoms with E-state index in [2.05, 4.69) is 33.2 Å². The van der Waals surface area contributed by atoms with Gasteiger partial charge in [0.2, 0.25) is 0 Å². The Balaban J connectivity index is 1.42. The molecule has 3 heterocycles. The van der Waals surface area contributed by atoms with Crippen molar-refractivity contribution < 1.29 is 14.6 Å². The van der Waals surface area contributed by atoms with E-state index in [1.807, 2.05) is 73.0 Å². The number of nitrogens with zero attached hydrogens (tertiary/aromatic N) is 4. The number of carboxylic acids is 1. The third-order valence-electron chi connectivity index (χ3n) is 7.53. The number of aromatic carboxylic acids is 1. The van der Waals surface area contributed by atoms with Crippen LogP contribution < -0.4 is 4.74 Å². The zero-order valence-electron chi connectivity index (χ0n) is 23.0. The fourth-order valence-electron chi connectivity index (χ4n) is 5.75. The van der Waals surface area contributed by atoms with Crippen molar-refractivity contribution in [3.05, 3.63) is 120 Å². The third-order valence-corrected chi connectivity index (χ3v) is 7.53. The van der Waals surface area contributed by atoms with Gasteiger partial charge in [0.15, 0.2) is 0 Å². The lowest BCUT2D eigenvalue weighted by molar-refractivity contribution is 0.0685. The minimum atomic E-state index is -0.959. The molecule has 0 aliphatic carbocycles. The Morgan fingerprint density at radius 2 is 1.66 bits per heavy atom. The molecule has 0 bridgehead atoms. The standard InChI is InChI=1S/C34H30N4O3/c1-22-31(23(2)37-21-36-22)29-14-6-13-27-28(15-8-18-41-30-16-5-11-25-10-3-4-12-26(25)30)33(34(39)40)38(32(27)29)20-24-9-7-17-35-19-24/h3-7,9-14,16-17,19,21H,8,15,18,20H2,1-2H3,(H,39,40). The first-order chi connectivity index (χ1) is 20.0. The minimum absolute atomic E-state index is 0.286. The van der Waals surface area contributed by atoms with Crippen molar-refractivity contribution in [1.82, 2.24) is 19.5 Å². The second-order valence-electron chi connectivity index (χ2n) is 10.1. The first kappa shape index (κ1) is 26.2. The predicted octanol–water partition coefficient (Wildman–Crippen LogP) is 7.02. The summed E-state index contributed by atoms with van der Waals surface area (Å²) in [5, 5.41) is 13.7. The van der Waals surface area contributed by atoms with Crippen LogP contribution in [0.25, 0.3) is 32.8 Å². The van der Waals surface area contributed by atoms with E-state index in [0.717, 1.165) is 61.1 Å². The van der Waals surface area contributed by atoms with Crippen LogP contribution in [0.2, 0.25) is 0 Å². The van der Waals surface area contributed by atoms with E-state index in [4.69, 9.17) is 4.74 Å². The first-order valence-corrected chi connectivity index (χ1v) is 13.7. The molecular weight excluding hydrogens is 512 g/mol. The summed E-state index contributed by atoms with van der Waals surface area (Å²) in [6, 6.07) is 24.0. The van der Waals surface area contributed by atoms with Gasteiger partial charge < -0.3 is 14.4 Å². The molecule has 0 aliphatic rings. The fourth-order valence-corrected chi connectivity index (χ4v) is 5.75. The van der Waals surface area contributed by atoms with Gasteiger partial charge in [0.25, 0.3) is 0 Å². The molecule has 0 aliphatic heterocycles. The van der Waals surface area contributed by atoms with Gasteiger partial charge in [-0.25, -0.2) is 14.8 Å². The molecule has 41 heavy (non-hydrogen) atoms. The van der Waals surface area contributed by atoms with Crippen molar-refractivity contribution in [1.29, 1.82) is 0 Å². The summed E-state index contributed by atoms with van der Waals surface area (Å²) in [5.41, 5.74) is 6.40. The van der Waals surface area contributed by atoms with E-state index in [9.17, 15) is 9.90 Å². The SMILES string of the molecule is Cc1ncnc(C)c1-c1cccc2c(CCCOc3cccc4ccccc34)c(C(=O)O)n(Cc3cccnc3)c12. The average Bonchev–Trinajstić information content (AvgIpc) is 3.29. The maximum atomic E-state index is 12.9. The Kier molecular flexibility index (Phi) is 7.17. The Hall–Kier alpha value is -5.04. The average molecular weight is 543 g/mol. The summed E-state index contributed by atoms with van der Waals surface area (Å²) in [7, 11) is 0. The molecule has 3 aromatic heterocycles. The van der Waals surface area contributed by atoms with E-state index < -0.39 is 5.97 Å². The third kappa shape index (κ3) is 5.02. The van der Waals surface area contributed by atoms with E-state index in [0.29, 0.717) is 26.0 Å². The van der Waals surface area contributed by atoms with Crippen LogP contribution in [-0.2, 0) is 13.0 Å². The number of hydrogen-bond donors (Lipinski definition) is 1. The number of ether oxygens (including phenoxy) is 1.